The highest BCUT2D eigenvalue weighted by molar-refractivity contribution is 5.30. The van der Waals surface area contributed by atoms with Crippen LogP contribution >= 0.6 is 0 Å². The predicted octanol–water partition coefficient (Wildman–Crippen LogP) is 3.96. The highest BCUT2D eigenvalue weighted by Crippen LogP contribution is 2.40. The molecule has 2 aliphatic heterocycles. The van der Waals surface area contributed by atoms with Crippen LogP contribution in [0.3, 0.4) is 0 Å². The van der Waals surface area contributed by atoms with Gasteiger partial charge in [-0.2, -0.15) is 5.10 Å². The van der Waals surface area contributed by atoms with Crippen molar-refractivity contribution in [3.63, 3.8) is 0 Å². The molecule has 1 unspecified atom stereocenters. The molecule has 1 saturated carbocycles. The summed E-state index contributed by atoms with van der Waals surface area (Å²) in [6, 6.07) is 10.4. The Hall–Kier alpha value is -1.65. The van der Waals surface area contributed by atoms with E-state index in [1.165, 1.54) is 76.8 Å². The average Bonchev–Trinajstić information content (AvgIpc) is 3.27. The smallest absolute Gasteiger partial charge is 0.0645 e. The molecule has 5 rings (SSSR count). The predicted molar refractivity (Wildman–Crippen MR) is 109 cm³/mol. The first-order valence-corrected chi connectivity index (χ1v) is 10.8. The summed E-state index contributed by atoms with van der Waals surface area (Å²) in [5, 5.41) is 4.57. The van der Waals surface area contributed by atoms with E-state index >= 15 is 0 Å². The zero-order chi connectivity index (χ0) is 18.1. The summed E-state index contributed by atoms with van der Waals surface area (Å²) in [6.45, 7) is 7.59. The third-order valence-corrected chi connectivity index (χ3v) is 7.06. The fourth-order valence-electron chi connectivity index (χ4n) is 5.42. The maximum Gasteiger partial charge on any atom is 0.0645 e. The molecule has 4 heteroatoms. The van der Waals surface area contributed by atoms with E-state index in [0.29, 0.717) is 5.41 Å². The summed E-state index contributed by atoms with van der Waals surface area (Å²) in [5.41, 5.74) is 3.02. The van der Waals surface area contributed by atoms with Crippen molar-refractivity contribution in [2.24, 2.45) is 11.3 Å². The molecule has 3 heterocycles. The maximum atomic E-state index is 4.57. The van der Waals surface area contributed by atoms with Crippen molar-refractivity contribution in [2.75, 3.05) is 32.7 Å². The second-order valence-electron chi connectivity index (χ2n) is 9.22. The Balaban J connectivity index is 1.19. The van der Waals surface area contributed by atoms with Gasteiger partial charge in [-0.25, -0.2) is 4.68 Å². The van der Waals surface area contributed by atoms with Gasteiger partial charge in [0.1, 0.15) is 0 Å². The van der Waals surface area contributed by atoms with Crippen LogP contribution < -0.4 is 0 Å². The number of nitrogens with zero attached hydrogens (tertiary/aromatic N) is 4. The number of benzene rings is 1. The molecule has 1 spiro atoms. The van der Waals surface area contributed by atoms with Gasteiger partial charge in [0, 0.05) is 37.9 Å². The van der Waals surface area contributed by atoms with Crippen molar-refractivity contribution in [1.82, 2.24) is 19.6 Å². The van der Waals surface area contributed by atoms with E-state index in [1.807, 2.05) is 10.9 Å². The minimum atomic E-state index is 0.553. The topological polar surface area (TPSA) is 24.3 Å². The second kappa shape index (κ2) is 7.40. The van der Waals surface area contributed by atoms with E-state index in [0.717, 1.165) is 18.2 Å². The number of para-hydroxylation sites is 1. The lowest BCUT2D eigenvalue weighted by molar-refractivity contribution is 0.0668. The first kappa shape index (κ1) is 17.4. The van der Waals surface area contributed by atoms with E-state index in [1.54, 1.807) is 0 Å². The Morgan fingerprint density at radius 2 is 1.81 bits per heavy atom. The fourth-order valence-corrected chi connectivity index (χ4v) is 5.42. The van der Waals surface area contributed by atoms with Crippen LogP contribution in [-0.2, 0) is 6.54 Å². The lowest BCUT2D eigenvalue weighted by Crippen LogP contribution is -2.47. The van der Waals surface area contributed by atoms with Crippen molar-refractivity contribution < 1.29 is 0 Å². The van der Waals surface area contributed by atoms with E-state index in [2.05, 4.69) is 51.4 Å². The third kappa shape index (κ3) is 3.83. The molecule has 2 aromatic rings. The second-order valence-corrected chi connectivity index (χ2v) is 9.22. The monoisotopic (exact) mass is 364 g/mol. The molecule has 2 saturated heterocycles. The molecule has 1 aromatic carbocycles. The first-order valence-electron chi connectivity index (χ1n) is 10.8. The molecule has 144 valence electrons. The molecule has 1 atom stereocenters. The normalized spacial score (nSPS) is 27.3. The molecule has 0 amide bonds. The van der Waals surface area contributed by atoms with Gasteiger partial charge in [0.25, 0.3) is 0 Å². The minimum Gasteiger partial charge on any atom is -0.302 e. The van der Waals surface area contributed by atoms with Crippen molar-refractivity contribution in [2.45, 2.75) is 45.1 Å². The highest BCUT2D eigenvalue weighted by atomic mass is 15.3. The Bertz CT molecular complexity index is 751. The van der Waals surface area contributed by atoms with Gasteiger partial charge in [-0.15, -0.1) is 0 Å². The van der Waals surface area contributed by atoms with Crippen molar-refractivity contribution in [3.05, 3.63) is 48.3 Å². The van der Waals surface area contributed by atoms with E-state index < -0.39 is 0 Å². The number of rotatable bonds is 5. The van der Waals surface area contributed by atoms with E-state index in [-0.39, 0.29) is 0 Å². The van der Waals surface area contributed by atoms with Gasteiger partial charge in [0.05, 0.1) is 11.9 Å². The van der Waals surface area contributed by atoms with E-state index in [4.69, 9.17) is 0 Å². The molecule has 3 fully saturated rings. The number of hydrogen-bond donors (Lipinski definition) is 0. The SMILES string of the molecule is c1ccc(-n2cc(CN3CCC4(CCCN(CC5CCC5)C4)C3)cn2)cc1. The molecule has 3 aliphatic rings. The highest BCUT2D eigenvalue weighted by Gasteiger charge is 2.41. The van der Waals surface area contributed by atoms with Crippen LogP contribution in [0, 0.1) is 11.3 Å². The van der Waals surface area contributed by atoms with Crippen molar-refractivity contribution in [1.29, 1.82) is 0 Å². The third-order valence-electron chi connectivity index (χ3n) is 7.06. The summed E-state index contributed by atoms with van der Waals surface area (Å²) in [4.78, 5) is 5.46. The molecule has 0 N–H and O–H groups in total. The molecular weight excluding hydrogens is 332 g/mol. The van der Waals surface area contributed by atoms with Gasteiger partial charge in [-0.1, -0.05) is 24.6 Å². The molecule has 0 radical (unpaired) electrons. The molecule has 1 aromatic heterocycles. The maximum absolute atomic E-state index is 4.57. The lowest BCUT2D eigenvalue weighted by Gasteiger charge is -2.43. The van der Waals surface area contributed by atoms with Crippen LogP contribution in [-0.4, -0.2) is 52.3 Å². The zero-order valence-corrected chi connectivity index (χ0v) is 16.4. The Kier molecular flexibility index (Phi) is 4.78. The molecule has 27 heavy (non-hydrogen) atoms. The number of aromatic nitrogens is 2. The Labute approximate surface area is 163 Å². The minimum absolute atomic E-state index is 0.553. The number of piperidine rings is 1. The quantitative estimate of drug-likeness (QED) is 0.803. The standard InChI is InChI=1S/C23H32N4/c1-2-8-22(9-3-1)27-17-21(14-24-27)16-26-13-11-23(19-26)10-5-12-25(18-23)15-20-6-4-7-20/h1-3,8-9,14,17,20H,4-7,10-13,15-16,18-19H2. The van der Waals surface area contributed by atoms with Gasteiger partial charge in [0.15, 0.2) is 0 Å². The van der Waals surface area contributed by atoms with Gasteiger partial charge < -0.3 is 4.90 Å². The van der Waals surface area contributed by atoms with Gasteiger partial charge >= 0.3 is 0 Å². The largest absolute Gasteiger partial charge is 0.302 e. The Morgan fingerprint density at radius 1 is 0.963 bits per heavy atom. The van der Waals surface area contributed by atoms with Crippen molar-refractivity contribution >= 4 is 0 Å². The van der Waals surface area contributed by atoms with Crippen LogP contribution in [0.15, 0.2) is 42.7 Å². The van der Waals surface area contributed by atoms with Crippen LogP contribution in [0.1, 0.15) is 44.1 Å². The molecular formula is C23H32N4. The van der Waals surface area contributed by atoms with E-state index in [9.17, 15) is 0 Å². The number of hydrogen-bond acceptors (Lipinski definition) is 3. The number of likely N-dealkylation sites (tertiary alicyclic amines) is 2. The van der Waals surface area contributed by atoms with Gasteiger partial charge in [0.2, 0.25) is 0 Å². The van der Waals surface area contributed by atoms with Crippen molar-refractivity contribution in [3.8, 4) is 5.69 Å². The summed E-state index contributed by atoms with van der Waals surface area (Å²) >= 11 is 0. The molecule has 4 nitrogen and oxygen atoms in total. The lowest BCUT2D eigenvalue weighted by atomic mass is 9.78. The average molecular weight is 365 g/mol. The zero-order valence-electron chi connectivity index (χ0n) is 16.4. The Morgan fingerprint density at radius 3 is 2.63 bits per heavy atom. The van der Waals surface area contributed by atoms with Gasteiger partial charge in [-0.3, -0.25) is 4.90 Å². The molecule has 0 bridgehead atoms. The first-order chi connectivity index (χ1) is 13.3. The summed E-state index contributed by atoms with van der Waals surface area (Å²) in [6.07, 6.45) is 12.9. The van der Waals surface area contributed by atoms with Crippen LogP contribution in [0.4, 0.5) is 0 Å². The fraction of sp³-hybridized carbons (Fsp3) is 0.609. The van der Waals surface area contributed by atoms with Crippen LogP contribution in [0.5, 0.6) is 0 Å². The van der Waals surface area contributed by atoms with Crippen LogP contribution in [0.25, 0.3) is 5.69 Å². The van der Waals surface area contributed by atoms with Crippen LogP contribution in [0.2, 0.25) is 0 Å². The summed E-state index contributed by atoms with van der Waals surface area (Å²) in [7, 11) is 0. The van der Waals surface area contributed by atoms with Gasteiger partial charge in [-0.05, 0) is 68.7 Å². The molecule has 1 aliphatic carbocycles. The summed E-state index contributed by atoms with van der Waals surface area (Å²) < 4.78 is 2.00. The summed E-state index contributed by atoms with van der Waals surface area (Å²) in [5.74, 6) is 1.00.